The van der Waals surface area contributed by atoms with Crippen LogP contribution in [0.3, 0.4) is 0 Å². The van der Waals surface area contributed by atoms with Gasteiger partial charge < -0.3 is 5.73 Å². The summed E-state index contributed by atoms with van der Waals surface area (Å²) >= 11 is 0. The third kappa shape index (κ3) is 3.45. The van der Waals surface area contributed by atoms with Gasteiger partial charge in [-0.3, -0.25) is 4.98 Å². The number of anilines is 1. The van der Waals surface area contributed by atoms with E-state index in [4.69, 9.17) is 11.0 Å². The molecule has 0 atom stereocenters. The number of aryl methyl sites for hydroxylation is 3. The quantitative estimate of drug-likeness (QED) is 0.548. The van der Waals surface area contributed by atoms with Gasteiger partial charge in [0.05, 0.1) is 18.0 Å². The maximum absolute atomic E-state index is 8.77. The van der Waals surface area contributed by atoms with Gasteiger partial charge in [0.1, 0.15) is 5.52 Å². The van der Waals surface area contributed by atoms with Crippen molar-refractivity contribution in [3.05, 3.63) is 77.0 Å². The van der Waals surface area contributed by atoms with Crippen molar-refractivity contribution in [2.75, 3.05) is 5.73 Å². The van der Waals surface area contributed by atoms with E-state index in [-0.39, 0.29) is 0 Å². The maximum Gasteiger partial charge on any atom is 0.150 e. The molecule has 4 nitrogen and oxygen atoms in total. The molecule has 0 bridgehead atoms. The predicted octanol–water partition coefficient (Wildman–Crippen LogP) is 4.52. The van der Waals surface area contributed by atoms with Crippen molar-refractivity contribution in [1.82, 2.24) is 9.97 Å². The minimum absolute atomic E-state index is 0.455. The van der Waals surface area contributed by atoms with Gasteiger partial charge in [-0.2, -0.15) is 5.26 Å². The van der Waals surface area contributed by atoms with Crippen molar-refractivity contribution in [3.8, 4) is 6.07 Å². The molecule has 132 valence electrons. The van der Waals surface area contributed by atoms with E-state index in [9.17, 15) is 0 Å². The first-order chi connectivity index (χ1) is 13.1. The Balaban J connectivity index is 1.64. The predicted molar refractivity (Wildman–Crippen MR) is 109 cm³/mol. The summed E-state index contributed by atoms with van der Waals surface area (Å²) in [5.74, 6) is 0.475. The number of hydrogen-bond donors (Lipinski definition) is 1. The van der Waals surface area contributed by atoms with Gasteiger partial charge in [-0.1, -0.05) is 36.4 Å². The molecule has 0 spiro atoms. The highest BCUT2D eigenvalue weighted by Crippen LogP contribution is 2.28. The highest BCUT2D eigenvalue weighted by molar-refractivity contribution is 6.08. The number of nitrogens with zero attached hydrogens (tertiary/aromatic N) is 3. The summed E-state index contributed by atoms with van der Waals surface area (Å²) in [6.45, 7) is 2.05. The first-order valence-electron chi connectivity index (χ1n) is 9.03. The molecular formula is C23H20N4. The number of nitrogens with two attached hydrogens (primary N) is 1. The van der Waals surface area contributed by atoms with Gasteiger partial charge in [0.15, 0.2) is 5.82 Å². The second-order valence-corrected chi connectivity index (χ2v) is 6.91. The number of nitriles is 1. The van der Waals surface area contributed by atoms with Crippen LogP contribution >= 0.6 is 0 Å². The Hall–Kier alpha value is -3.45. The molecule has 0 amide bonds. The molecule has 2 N–H and O–H groups in total. The van der Waals surface area contributed by atoms with Crippen LogP contribution < -0.4 is 5.73 Å². The fourth-order valence-electron chi connectivity index (χ4n) is 3.40. The monoisotopic (exact) mass is 352 g/mol. The number of nitrogen functional groups attached to an aromatic ring is 1. The Labute approximate surface area is 158 Å². The highest BCUT2D eigenvalue weighted by atomic mass is 14.9. The van der Waals surface area contributed by atoms with Crippen LogP contribution in [-0.4, -0.2) is 9.97 Å². The van der Waals surface area contributed by atoms with E-state index in [2.05, 4.69) is 59.4 Å². The molecule has 4 rings (SSSR count). The Kier molecular flexibility index (Phi) is 4.43. The lowest BCUT2D eigenvalue weighted by atomic mass is 10.0. The molecule has 0 aliphatic rings. The number of rotatable bonds is 4. The summed E-state index contributed by atoms with van der Waals surface area (Å²) in [7, 11) is 0. The number of benzene rings is 2. The van der Waals surface area contributed by atoms with Crippen molar-refractivity contribution in [2.45, 2.75) is 26.2 Å². The zero-order valence-corrected chi connectivity index (χ0v) is 15.2. The van der Waals surface area contributed by atoms with E-state index in [0.717, 1.165) is 45.8 Å². The Morgan fingerprint density at radius 3 is 2.44 bits per heavy atom. The average Bonchev–Trinajstić information content (AvgIpc) is 2.67. The first kappa shape index (κ1) is 17.0. The summed E-state index contributed by atoms with van der Waals surface area (Å²) in [4.78, 5) is 9.08. The molecule has 2 aromatic carbocycles. The molecule has 4 aromatic rings. The number of fused-ring (bicyclic) bond motifs is 3. The lowest BCUT2D eigenvalue weighted by Crippen LogP contribution is -1.98. The van der Waals surface area contributed by atoms with E-state index >= 15 is 0 Å². The molecule has 4 heteroatoms. The largest absolute Gasteiger partial charge is 0.382 e. The van der Waals surface area contributed by atoms with Gasteiger partial charge in [0.25, 0.3) is 0 Å². The van der Waals surface area contributed by atoms with Crippen LogP contribution in [0.4, 0.5) is 5.82 Å². The molecule has 0 saturated carbocycles. The van der Waals surface area contributed by atoms with Gasteiger partial charge in [-0.05, 0) is 54.2 Å². The molecule has 2 aromatic heterocycles. The fraction of sp³-hybridized carbons (Fsp3) is 0.174. The van der Waals surface area contributed by atoms with E-state index < -0.39 is 0 Å². The van der Waals surface area contributed by atoms with Crippen molar-refractivity contribution in [1.29, 1.82) is 5.26 Å². The first-order valence-corrected chi connectivity index (χ1v) is 9.03. The Bertz CT molecular complexity index is 1170. The second-order valence-electron chi connectivity index (χ2n) is 6.91. The summed E-state index contributed by atoms with van der Waals surface area (Å²) < 4.78 is 0. The normalized spacial score (nSPS) is 11.0. The minimum Gasteiger partial charge on any atom is -0.382 e. The molecule has 0 aliphatic heterocycles. The zero-order valence-electron chi connectivity index (χ0n) is 15.2. The Morgan fingerprint density at radius 1 is 0.926 bits per heavy atom. The van der Waals surface area contributed by atoms with Crippen LogP contribution in [0, 0.1) is 18.3 Å². The van der Waals surface area contributed by atoms with Crippen LogP contribution in [0.5, 0.6) is 0 Å². The summed E-state index contributed by atoms with van der Waals surface area (Å²) in [6.07, 6.45) is 4.18. The van der Waals surface area contributed by atoms with E-state index in [0.29, 0.717) is 12.2 Å². The number of pyridine rings is 2. The van der Waals surface area contributed by atoms with E-state index in [1.54, 1.807) is 0 Å². The van der Waals surface area contributed by atoms with Crippen LogP contribution in [0.15, 0.2) is 54.7 Å². The zero-order chi connectivity index (χ0) is 18.8. The second kappa shape index (κ2) is 7.05. The van der Waals surface area contributed by atoms with Gasteiger partial charge in [-0.15, -0.1) is 0 Å². The maximum atomic E-state index is 8.77. The summed E-state index contributed by atoms with van der Waals surface area (Å²) in [5, 5.41) is 10.9. The average molecular weight is 352 g/mol. The highest BCUT2D eigenvalue weighted by Gasteiger charge is 2.09. The molecular weight excluding hydrogens is 332 g/mol. The number of aromatic nitrogens is 2. The van der Waals surface area contributed by atoms with Crippen LogP contribution in [0.1, 0.15) is 22.3 Å². The topological polar surface area (TPSA) is 75.6 Å². The number of hydrogen-bond acceptors (Lipinski definition) is 4. The van der Waals surface area contributed by atoms with Gasteiger partial charge in [0.2, 0.25) is 0 Å². The molecule has 27 heavy (non-hydrogen) atoms. The standard InChI is InChI=1S/C23H20N4/c1-15-2-9-19-20-13-18(14-26-22(20)23(25)27-21(19)12-15)8-7-16-3-5-17(6-4-16)10-11-24/h2-6,9,12-14H,7-8,10H2,1H3,(H2,25,27). The van der Waals surface area contributed by atoms with E-state index in [1.165, 1.54) is 11.1 Å². The molecule has 0 fully saturated rings. The van der Waals surface area contributed by atoms with Gasteiger partial charge >= 0.3 is 0 Å². The smallest absolute Gasteiger partial charge is 0.150 e. The molecule has 0 aliphatic carbocycles. The van der Waals surface area contributed by atoms with Crippen molar-refractivity contribution < 1.29 is 0 Å². The minimum atomic E-state index is 0.455. The van der Waals surface area contributed by atoms with Crippen molar-refractivity contribution in [3.63, 3.8) is 0 Å². The fourth-order valence-corrected chi connectivity index (χ4v) is 3.40. The van der Waals surface area contributed by atoms with Crippen LogP contribution in [0.2, 0.25) is 0 Å². The molecule has 0 unspecified atom stereocenters. The molecule has 0 radical (unpaired) electrons. The van der Waals surface area contributed by atoms with Gasteiger partial charge in [0, 0.05) is 17.0 Å². The summed E-state index contributed by atoms with van der Waals surface area (Å²) in [5.41, 5.74) is 12.5. The third-order valence-corrected chi connectivity index (χ3v) is 4.88. The van der Waals surface area contributed by atoms with Crippen molar-refractivity contribution in [2.24, 2.45) is 0 Å². The summed E-state index contributed by atoms with van der Waals surface area (Å²) in [6, 6.07) is 18.9. The SMILES string of the molecule is Cc1ccc2c(c1)nc(N)c1ncc(CCc3ccc(CC#N)cc3)cc12. The lowest BCUT2D eigenvalue weighted by Gasteiger charge is -2.09. The third-order valence-electron chi connectivity index (χ3n) is 4.88. The van der Waals surface area contributed by atoms with Gasteiger partial charge in [-0.25, -0.2) is 4.98 Å². The van der Waals surface area contributed by atoms with Crippen molar-refractivity contribution >= 4 is 27.6 Å². The van der Waals surface area contributed by atoms with E-state index in [1.807, 2.05) is 18.3 Å². The lowest BCUT2D eigenvalue weighted by molar-refractivity contribution is 0.953. The Morgan fingerprint density at radius 2 is 1.67 bits per heavy atom. The molecule has 2 heterocycles. The molecule has 0 saturated heterocycles. The van der Waals surface area contributed by atoms with Crippen LogP contribution in [0.25, 0.3) is 21.8 Å². The van der Waals surface area contributed by atoms with Crippen LogP contribution in [-0.2, 0) is 19.3 Å².